The van der Waals surface area contributed by atoms with E-state index in [4.69, 9.17) is 37.2 Å². The van der Waals surface area contributed by atoms with Gasteiger partial charge >= 0.3 is 17.9 Å². The van der Waals surface area contributed by atoms with Crippen LogP contribution in [0.4, 0.5) is 5.69 Å². The number of hydrogen-bond acceptors (Lipinski definition) is 16. The Labute approximate surface area is 535 Å². The number of nitrogens with one attached hydrogen (secondary N) is 2. The highest BCUT2D eigenvalue weighted by Gasteiger charge is 2.31. The largest absolute Gasteiger partial charge is 0.507 e. The zero-order valence-electron chi connectivity index (χ0n) is 50.9. The smallest absolute Gasteiger partial charge is 0.337 e. The van der Waals surface area contributed by atoms with Gasteiger partial charge in [0.05, 0.1) is 63.0 Å². The number of amides is 4. The van der Waals surface area contributed by atoms with E-state index in [1.54, 1.807) is 12.1 Å². The van der Waals surface area contributed by atoms with E-state index in [1.807, 2.05) is 81.0 Å². The summed E-state index contributed by atoms with van der Waals surface area (Å²) in [6.07, 6.45) is 1.38. The monoisotopic (exact) mass is 1290 g/mol. The maximum atomic E-state index is 13.8. The first-order valence-electron chi connectivity index (χ1n) is 28.5. The molecule has 3 heterocycles. The van der Waals surface area contributed by atoms with Gasteiger partial charge in [-0.2, -0.15) is 5.06 Å². The Morgan fingerprint density at radius 3 is 1.92 bits per heavy atom. The predicted octanol–water partition coefficient (Wildman–Crippen LogP) is 9.80. The summed E-state index contributed by atoms with van der Waals surface area (Å²) in [5.41, 5.74) is 2.47. The maximum absolute atomic E-state index is 13.8. The van der Waals surface area contributed by atoms with E-state index in [1.165, 1.54) is 60.7 Å². The van der Waals surface area contributed by atoms with Crippen LogP contribution in [0.25, 0.3) is 66.8 Å². The molecule has 2 aliphatic carbocycles. The number of fused-ring (bicyclic) bond motifs is 4. The highest BCUT2D eigenvalue weighted by molar-refractivity contribution is 6.41. The zero-order chi connectivity index (χ0) is 66.8. The molecule has 25 heteroatoms. The second kappa shape index (κ2) is 29.4. The number of phenolic OH excluding ortho intramolecular Hbond substituents is 1. The van der Waals surface area contributed by atoms with Crippen molar-refractivity contribution >= 4 is 98.4 Å². The molecule has 5 aromatic rings. The lowest BCUT2D eigenvalue weighted by Gasteiger charge is -2.21. The highest BCUT2D eigenvalue weighted by atomic mass is 35.5. The number of anilines is 1. The summed E-state index contributed by atoms with van der Waals surface area (Å²) < 4.78 is 14.5. The number of aromatic hydroxyl groups is 1. The molecule has 10 rings (SSSR count). The first-order valence-corrected chi connectivity index (χ1v) is 29.2. The van der Waals surface area contributed by atoms with E-state index in [0.717, 1.165) is 43.2 Å². The van der Waals surface area contributed by atoms with Crippen molar-refractivity contribution in [2.45, 2.75) is 39.3 Å². The Hall–Kier alpha value is -10.6. The minimum Gasteiger partial charge on any atom is -0.507 e. The molecule has 474 valence electrons. The molecule has 0 radical (unpaired) electrons. The molecule has 23 nitrogen and oxygen atoms in total. The summed E-state index contributed by atoms with van der Waals surface area (Å²) in [5, 5.41) is 56.9. The SMILES string of the molecule is CCN=C=NCCCN(C)C.CN(C)c1ccc2c(-c3c(Cl)cc(C(=O)NCc4ccc(C(=O)NCc5c(O)ccc6c(-c7ccc(C(=O)O)cc7C(=O)O)c7ccc(=O)cc-7oc56)cc4)c(Cl)c3C(=O)O)c3ccc(=[N+](C)C)cc-3oc2c1.O=C1CCC(=O)N1O. The van der Waals surface area contributed by atoms with Crippen LogP contribution in [0, 0.1) is 0 Å². The molecule has 5 aromatic carbocycles. The van der Waals surface area contributed by atoms with Crippen molar-refractivity contribution in [2.75, 3.05) is 66.8 Å². The third-order valence-electron chi connectivity index (χ3n) is 14.6. The van der Waals surface area contributed by atoms with Crippen LogP contribution in [0.2, 0.25) is 10.0 Å². The number of hydrogen-bond donors (Lipinski definition) is 7. The molecule has 0 unspecified atom stereocenters. The predicted molar refractivity (Wildman–Crippen MR) is 347 cm³/mol. The molecular weight excluding hydrogens is 1230 g/mol. The first kappa shape index (κ1) is 67.4. The van der Waals surface area contributed by atoms with Gasteiger partial charge in [0.25, 0.3) is 23.6 Å². The number of aromatic carboxylic acids is 3. The number of carbonyl (C=O) groups is 7. The van der Waals surface area contributed by atoms with Crippen molar-refractivity contribution in [3.8, 4) is 50.7 Å². The standard InChI is InChI=1S/C55H40Cl2N4O12.C8H17N3.C4H5NO3/c1-60(2)29-10-14-34-42(20-29)72-43-21-30(61(3)4)11-15-35(43)46(34)47-40(56)23-38(49(57)48(47)55(70)71)52(65)58-24-26-5-7-27(8-6-26)51(64)59-25-39-41(63)18-17-36-45(33-16-12-31(62)22-44(33)73-50(36)39)32-13-9-28(53(66)67)19-37(32)54(68)69;1-4-9-8-10-6-5-7-11(2)3;6-3-1-2-4(7)5(3)8/h5-23H,24-25H2,1-4H3,(H5-,58,59,62,63,64,65,66,67,68,69,70,71);4-7H2,1-3H3;8H,1-2H2/p+1. The Morgan fingerprint density at radius 1 is 0.663 bits per heavy atom. The summed E-state index contributed by atoms with van der Waals surface area (Å²) in [6.45, 7) is 4.31. The first-order chi connectivity index (χ1) is 43.8. The fourth-order valence-corrected chi connectivity index (χ4v) is 10.6. The number of carbonyl (C=O) groups excluding carboxylic acids is 4. The summed E-state index contributed by atoms with van der Waals surface area (Å²) >= 11 is 13.9. The minimum atomic E-state index is -1.41. The van der Waals surface area contributed by atoms with Crippen LogP contribution in [0.1, 0.15) is 89.1 Å². The number of halogens is 2. The minimum absolute atomic E-state index is 0.0278. The van der Waals surface area contributed by atoms with Gasteiger partial charge in [-0.25, -0.2) is 28.9 Å². The molecule has 92 heavy (non-hydrogen) atoms. The number of aliphatic imine (C=N–C) groups is 2. The van der Waals surface area contributed by atoms with Gasteiger partial charge in [0, 0.05) is 108 Å². The summed E-state index contributed by atoms with van der Waals surface area (Å²) in [5.74, 6) is -6.22. The molecule has 0 bridgehead atoms. The van der Waals surface area contributed by atoms with Gasteiger partial charge in [-0.05, 0) is 118 Å². The molecular formula is C67H63Cl2N8O15+. The molecule has 0 spiro atoms. The van der Waals surface area contributed by atoms with Gasteiger partial charge in [-0.1, -0.05) is 41.4 Å². The van der Waals surface area contributed by atoms with Crippen LogP contribution in [-0.4, -0.2) is 145 Å². The van der Waals surface area contributed by atoms with Crippen LogP contribution >= 0.6 is 23.2 Å². The molecule has 0 atom stereocenters. The van der Waals surface area contributed by atoms with Gasteiger partial charge in [0.2, 0.25) is 5.36 Å². The molecule has 5 aliphatic rings. The number of phenols is 1. The lowest BCUT2D eigenvalue weighted by atomic mass is 9.89. The number of hydroxylamine groups is 2. The quantitative estimate of drug-likeness (QED) is 0.0111. The fraction of sp³-hybridized carbons (Fsp3) is 0.224. The Morgan fingerprint density at radius 2 is 1.30 bits per heavy atom. The van der Waals surface area contributed by atoms with Crippen LogP contribution in [-0.2, 0) is 22.7 Å². The van der Waals surface area contributed by atoms with Crippen LogP contribution in [0.3, 0.4) is 0 Å². The average Bonchev–Trinajstić information content (AvgIpc) is 0.832. The van der Waals surface area contributed by atoms with Gasteiger partial charge < -0.3 is 49.7 Å². The van der Waals surface area contributed by atoms with Crippen LogP contribution < -0.4 is 30.9 Å². The van der Waals surface area contributed by atoms with Crippen molar-refractivity contribution in [1.82, 2.24) is 25.2 Å². The van der Waals surface area contributed by atoms with Crippen LogP contribution in [0.15, 0.2) is 139 Å². The topological polar surface area (TPSA) is 326 Å². The maximum Gasteiger partial charge on any atom is 0.337 e. The van der Waals surface area contributed by atoms with Crippen molar-refractivity contribution in [1.29, 1.82) is 0 Å². The van der Waals surface area contributed by atoms with E-state index in [0.29, 0.717) is 44.4 Å². The van der Waals surface area contributed by atoms with Crippen molar-refractivity contribution in [2.24, 2.45) is 9.98 Å². The second-order valence-electron chi connectivity index (χ2n) is 21.6. The van der Waals surface area contributed by atoms with E-state index in [-0.39, 0.29) is 108 Å². The third kappa shape index (κ3) is 15.2. The Bertz CT molecular complexity index is 4530. The van der Waals surface area contributed by atoms with Crippen molar-refractivity contribution in [3.63, 3.8) is 0 Å². The van der Waals surface area contributed by atoms with Gasteiger partial charge in [0.15, 0.2) is 5.43 Å². The van der Waals surface area contributed by atoms with E-state index < -0.39 is 47.0 Å². The molecule has 0 aromatic heterocycles. The Kier molecular flexibility index (Phi) is 21.5. The number of carboxylic acid groups (broad SMARTS) is 3. The van der Waals surface area contributed by atoms with Crippen molar-refractivity contribution in [3.05, 3.63) is 180 Å². The number of carboxylic acids is 3. The summed E-state index contributed by atoms with van der Waals surface area (Å²) in [4.78, 5) is 110. The summed E-state index contributed by atoms with van der Waals surface area (Å²) in [7, 11) is 11.7. The Balaban J connectivity index is 0.000000493. The molecule has 0 saturated carbocycles. The molecule has 3 aliphatic heterocycles. The molecule has 7 N–H and O–H groups in total. The van der Waals surface area contributed by atoms with Crippen LogP contribution in [0.5, 0.6) is 5.75 Å². The van der Waals surface area contributed by atoms with Gasteiger partial charge in [-0.15, -0.1) is 0 Å². The molecule has 4 amide bonds. The lowest BCUT2D eigenvalue weighted by molar-refractivity contribution is -0.171. The lowest BCUT2D eigenvalue weighted by Crippen LogP contribution is -2.25. The normalized spacial score (nSPS) is 11.8. The molecule has 1 saturated heterocycles. The van der Waals surface area contributed by atoms with Gasteiger partial charge in [0.1, 0.15) is 42.5 Å². The summed E-state index contributed by atoms with van der Waals surface area (Å²) in [6, 6.07) is 31.6. The van der Waals surface area contributed by atoms with E-state index in [9.17, 15) is 58.8 Å². The zero-order valence-corrected chi connectivity index (χ0v) is 52.4. The highest BCUT2D eigenvalue weighted by Crippen LogP contribution is 2.48. The van der Waals surface area contributed by atoms with E-state index in [2.05, 4.69) is 45.6 Å². The number of benzene rings is 7. The fourth-order valence-electron chi connectivity index (χ4n) is 9.97. The number of nitrogens with zero attached hydrogens (tertiary/aromatic N) is 6. The van der Waals surface area contributed by atoms with E-state index >= 15 is 0 Å². The third-order valence-corrected chi connectivity index (χ3v) is 15.3. The van der Waals surface area contributed by atoms with Gasteiger partial charge in [-0.3, -0.25) is 29.2 Å². The second-order valence-corrected chi connectivity index (χ2v) is 22.4. The number of rotatable bonds is 17. The van der Waals surface area contributed by atoms with Crippen molar-refractivity contribution < 1.29 is 68.0 Å². The number of imide groups is 1. The molecule has 1 fully saturated rings. The average molecular weight is 1290 g/mol.